The maximum Gasteiger partial charge on any atom is 0.224 e. The lowest BCUT2D eigenvalue weighted by atomic mass is 10.1. The van der Waals surface area contributed by atoms with Gasteiger partial charge in [0.2, 0.25) is 5.91 Å². The SMILES string of the molecule is COc1ccc(C(=O)CSc2nnc(CCC(=O)Nc3ccccc3Cl)n2C)cc1. The molecule has 0 fully saturated rings. The van der Waals surface area contributed by atoms with Crippen LogP contribution in [0.5, 0.6) is 5.75 Å². The standard InChI is InChI=1S/C21H21ClN4O3S/c1-26-19(11-12-20(28)23-17-6-4-3-5-16(17)22)24-25-21(26)30-13-18(27)14-7-9-15(29-2)10-8-14/h3-10H,11-13H2,1-2H3,(H,23,28). The summed E-state index contributed by atoms with van der Waals surface area (Å²) in [4.78, 5) is 24.6. The van der Waals surface area contributed by atoms with Crippen molar-refractivity contribution in [1.82, 2.24) is 14.8 Å². The van der Waals surface area contributed by atoms with Crippen LogP contribution in [0.3, 0.4) is 0 Å². The monoisotopic (exact) mass is 444 g/mol. The molecule has 156 valence electrons. The molecule has 1 heterocycles. The highest BCUT2D eigenvalue weighted by atomic mass is 35.5. The van der Waals surface area contributed by atoms with Crippen molar-refractivity contribution in [3.8, 4) is 5.75 Å². The Kier molecular flexibility index (Phi) is 7.48. The van der Waals surface area contributed by atoms with Gasteiger partial charge in [-0.15, -0.1) is 10.2 Å². The van der Waals surface area contributed by atoms with Gasteiger partial charge in [0, 0.05) is 25.5 Å². The summed E-state index contributed by atoms with van der Waals surface area (Å²) < 4.78 is 6.90. The fourth-order valence-corrected chi connectivity index (χ4v) is 3.69. The van der Waals surface area contributed by atoms with Crippen LogP contribution in [0.1, 0.15) is 22.6 Å². The van der Waals surface area contributed by atoms with Crippen LogP contribution >= 0.6 is 23.4 Å². The summed E-state index contributed by atoms with van der Waals surface area (Å²) in [7, 11) is 3.40. The highest BCUT2D eigenvalue weighted by Crippen LogP contribution is 2.21. The minimum absolute atomic E-state index is 0.00804. The Morgan fingerprint density at radius 3 is 2.57 bits per heavy atom. The molecule has 3 aromatic rings. The molecule has 0 bridgehead atoms. The van der Waals surface area contributed by atoms with Gasteiger partial charge < -0.3 is 14.6 Å². The molecule has 9 heteroatoms. The van der Waals surface area contributed by atoms with Crippen molar-refractivity contribution in [2.75, 3.05) is 18.2 Å². The molecule has 1 amide bonds. The topological polar surface area (TPSA) is 86.1 Å². The van der Waals surface area contributed by atoms with Crippen molar-refractivity contribution in [2.45, 2.75) is 18.0 Å². The Morgan fingerprint density at radius 1 is 1.13 bits per heavy atom. The summed E-state index contributed by atoms with van der Waals surface area (Å²) in [6.07, 6.45) is 0.666. The summed E-state index contributed by atoms with van der Waals surface area (Å²) in [5.41, 5.74) is 1.19. The number of aromatic nitrogens is 3. The molecule has 2 aromatic carbocycles. The highest BCUT2D eigenvalue weighted by Gasteiger charge is 2.14. The van der Waals surface area contributed by atoms with Crippen LogP contribution in [0.2, 0.25) is 5.02 Å². The first kappa shape index (κ1) is 21.9. The van der Waals surface area contributed by atoms with Gasteiger partial charge >= 0.3 is 0 Å². The average molecular weight is 445 g/mol. The Labute approximate surface area is 183 Å². The van der Waals surface area contributed by atoms with E-state index in [1.54, 1.807) is 60.2 Å². The normalized spacial score (nSPS) is 10.6. The molecule has 1 aromatic heterocycles. The third-order valence-electron chi connectivity index (χ3n) is 4.39. The molecule has 0 spiro atoms. The molecule has 0 aliphatic heterocycles. The van der Waals surface area contributed by atoms with E-state index in [1.165, 1.54) is 11.8 Å². The van der Waals surface area contributed by atoms with Crippen LogP contribution in [0.15, 0.2) is 53.7 Å². The molecular weight excluding hydrogens is 424 g/mol. The number of nitrogens with zero attached hydrogens (tertiary/aromatic N) is 3. The minimum Gasteiger partial charge on any atom is -0.497 e. The zero-order valence-electron chi connectivity index (χ0n) is 16.6. The Bertz CT molecular complexity index is 1040. The average Bonchev–Trinajstić information content (AvgIpc) is 3.11. The number of ether oxygens (including phenoxy) is 1. The molecular formula is C21H21ClN4O3S. The van der Waals surface area contributed by atoms with Gasteiger partial charge in [0.25, 0.3) is 0 Å². The number of carbonyl (C=O) groups is 2. The Balaban J connectivity index is 1.52. The third-order valence-corrected chi connectivity index (χ3v) is 5.74. The lowest BCUT2D eigenvalue weighted by Crippen LogP contribution is -2.14. The van der Waals surface area contributed by atoms with Crippen LogP contribution < -0.4 is 10.1 Å². The van der Waals surface area contributed by atoms with E-state index in [-0.39, 0.29) is 23.9 Å². The summed E-state index contributed by atoms with van der Waals surface area (Å²) >= 11 is 7.37. The molecule has 0 radical (unpaired) electrons. The highest BCUT2D eigenvalue weighted by molar-refractivity contribution is 7.99. The third kappa shape index (κ3) is 5.61. The summed E-state index contributed by atoms with van der Waals surface area (Å²) in [6.45, 7) is 0. The van der Waals surface area contributed by atoms with Crippen LogP contribution in [0.4, 0.5) is 5.69 Å². The van der Waals surface area contributed by atoms with Crippen LogP contribution in [0.25, 0.3) is 0 Å². The quantitative estimate of drug-likeness (QED) is 0.396. The fraction of sp³-hybridized carbons (Fsp3) is 0.238. The van der Waals surface area contributed by atoms with E-state index in [0.29, 0.717) is 39.4 Å². The second kappa shape index (κ2) is 10.3. The number of rotatable bonds is 9. The number of Topliss-reactive ketones (excluding diaryl/α,β-unsaturated/α-hetero) is 1. The number of thioether (sulfide) groups is 1. The first-order chi connectivity index (χ1) is 14.5. The molecule has 1 N–H and O–H groups in total. The predicted octanol–water partition coefficient (Wildman–Crippen LogP) is 4.02. The molecule has 7 nitrogen and oxygen atoms in total. The zero-order valence-corrected chi connectivity index (χ0v) is 18.2. The van der Waals surface area contributed by atoms with Crippen LogP contribution in [0, 0.1) is 0 Å². The number of halogens is 1. The molecule has 0 aliphatic rings. The number of benzene rings is 2. The Morgan fingerprint density at radius 2 is 1.87 bits per heavy atom. The van der Waals surface area contributed by atoms with Crippen LogP contribution in [-0.4, -0.2) is 39.3 Å². The summed E-state index contributed by atoms with van der Waals surface area (Å²) in [5.74, 6) is 1.45. The molecule has 30 heavy (non-hydrogen) atoms. The number of para-hydroxylation sites is 1. The van der Waals surface area contributed by atoms with Crippen molar-refractivity contribution >= 4 is 40.7 Å². The first-order valence-corrected chi connectivity index (χ1v) is 10.6. The number of hydrogen-bond acceptors (Lipinski definition) is 6. The van der Waals surface area contributed by atoms with E-state index in [4.69, 9.17) is 16.3 Å². The van der Waals surface area contributed by atoms with E-state index in [9.17, 15) is 9.59 Å². The molecule has 0 aliphatic carbocycles. The number of anilines is 1. The van der Waals surface area contributed by atoms with Crippen LogP contribution in [-0.2, 0) is 18.3 Å². The molecule has 0 unspecified atom stereocenters. The maximum absolute atomic E-state index is 12.4. The number of hydrogen-bond donors (Lipinski definition) is 1. The molecule has 0 atom stereocenters. The number of ketones is 1. The van der Waals surface area contributed by atoms with E-state index in [2.05, 4.69) is 15.5 Å². The van der Waals surface area contributed by atoms with Gasteiger partial charge in [0.1, 0.15) is 11.6 Å². The smallest absolute Gasteiger partial charge is 0.224 e. The van der Waals surface area contributed by atoms with Gasteiger partial charge in [-0.05, 0) is 36.4 Å². The van der Waals surface area contributed by atoms with Crippen molar-refractivity contribution in [3.63, 3.8) is 0 Å². The maximum atomic E-state index is 12.4. The number of methoxy groups -OCH3 is 1. The second-order valence-electron chi connectivity index (χ2n) is 6.43. The lowest BCUT2D eigenvalue weighted by Gasteiger charge is -2.07. The van der Waals surface area contributed by atoms with Crippen molar-refractivity contribution in [2.24, 2.45) is 7.05 Å². The fourth-order valence-electron chi connectivity index (χ4n) is 2.68. The van der Waals surface area contributed by atoms with Gasteiger partial charge in [-0.25, -0.2) is 0 Å². The second-order valence-corrected chi connectivity index (χ2v) is 7.78. The van der Waals surface area contributed by atoms with Gasteiger partial charge in [-0.3, -0.25) is 9.59 Å². The van der Waals surface area contributed by atoms with E-state index in [1.807, 2.05) is 7.05 Å². The van der Waals surface area contributed by atoms with Crippen molar-refractivity contribution in [1.29, 1.82) is 0 Å². The molecule has 0 saturated carbocycles. The zero-order chi connectivity index (χ0) is 21.5. The number of carbonyl (C=O) groups excluding carboxylic acids is 2. The lowest BCUT2D eigenvalue weighted by molar-refractivity contribution is -0.116. The van der Waals surface area contributed by atoms with Gasteiger partial charge in [-0.2, -0.15) is 0 Å². The molecule has 3 rings (SSSR count). The summed E-state index contributed by atoms with van der Waals surface area (Å²) in [6, 6.07) is 14.1. The van der Waals surface area contributed by atoms with Gasteiger partial charge in [0.05, 0.1) is 23.6 Å². The molecule has 0 saturated heterocycles. The van der Waals surface area contributed by atoms with Gasteiger partial charge in [0.15, 0.2) is 10.9 Å². The van der Waals surface area contributed by atoms with Gasteiger partial charge in [-0.1, -0.05) is 35.5 Å². The Hall–Kier alpha value is -2.84. The first-order valence-electron chi connectivity index (χ1n) is 9.20. The minimum atomic E-state index is -0.157. The summed E-state index contributed by atoms with van der Waals surface area (Å²) in [5, 5.41) is 12.2. The van der Waals surface area contributed by atoms with Crippen molar-refractivity contribution < 1.29 is 14.3 Å². The largest absolute Gasteiger partial charge is 0.497 e. The number of amides is 1. The van der Waals surface area contributed by atoms with Crippen molar-refractivity contribution in [3.05, 3.63) is 64.9 Å². The van der Waals surface area contributed by atoms with E-state index >= 15 is 0 Å². The van der Waals surface area contributed by atoms with E-state index in [0.717, 1.165) is 0 Å². The van der Waals surface area contributed by atoms with E-state index < -0.39 is 0 Å². The predicted molar refractivity (Wildman–Crippen MR) is 117 cm³/mol. The number of aryl methyl sites for hydroxylation is 1. The number of nitrogens with one attached hydrogen (secondary N) is 1.